The highest BCUT2D eigenvalue weighted by Gasteiger charge is 2.18. The maximum Gasteiger partial charge on any atom is 0.224 e. The van der Waals surface area contributed by atoms with Crippen LogP contribution in [0.1, 0.15) is 23.5 Å². The third-order valence-corrected chi connectivity index (χ3v) is 3.79. The predicted octanol–water partition coefficient (Wildman–Crippen LogP) is 3.04. The molecular weight excluding hydrogens is 297 g/mol. The molecule has 0 heterocycles. The molecule has 23 heavy (non-hydrogen) atoms. The number of halogens is 1. The van der Waals surface area contributed by atoms with Crippen LogP contribution < -0.4 is 15.2 Å². The van der Waals surface area contributed by atoms with Gasteiger partial charge in [-0.2, -0.15) is 0 Å². The number of carbonyl (C=O) groups is 1. The highest BCUT2D eigenvalue weighted by Crippen LogP contribution is 2.29. The lowest BCUT2D eigenvalue weighted by Crippen LogP contribution is -2.22. The topological polar surface area (TPSA) is 61.5 Å². The van der Waals surface area contributed by atoms with Gasteiger partial charge in [-0.15, -0.1) is 0 Å². The summed E-state index contributed by atoms with van der Waals surface area (Å²) in [6.07, 6.45) is 1.18. The van der Waals surface area contributed by atoms with Crippen LogP contribution >= 0.6 is 0 Å². The number of aryl methyl sites for hydroxylation is 1. The number of benzene rings is 2. The van der Waals surface area contributed by atoms with Crippen LogP contribution in [-0.2, 0) is 11.2 Å². The highest BCUT2D eigenvalue weighted by atomic mass is 19.1. The molecule has 0 aromatic heterocycles. The van der Waals surface area contributed by atoms with Crippen LogP contribution in [0.5, 0.6) is 11.5 Å². The first kappa shape index (κ1) is 16.8. The number of ether oxygens (including phenoxy) is 2. The number of nitrogens with two attached hydrogens (primary N) is 1. The molecule has 5 heteroatoms. The minimum atomic E-state index is -0.455. The number of carbonyl (C=O) groups excluding carboxylic acids is 1. The SMILES string of the molecule is COc1ccc(CC[C@H](C(N)=O)c2ccc(F)cc2)cc1OC. The molecule has 2 rings (SSSR count). The van der Waals surface area contributed by atoms with Gasteiger partial charge in [-0.3, -0.25) is 4.79 Å². The van der Waals surface area contributed by atoms with Crippen LogP contribution in [0.15, 0.2) is 42.5 Å². The van der Waals surface area contributed by atoms with Gasteiger partial charge in [-0.05, 0) is 48.2 Å². The van der Waals surface area contributed by atoms with E-state index >= 15 is 0 Å². The van der Waals surface area contributed by atoms with Crippen molar-refractivity contribution in [3.8, 4) is 11.5 Å². The van der Waals surface area contributed by atoms with Gasteiger partial charge in [0.1, 0.15) is 5.82 Å². The Hall–Kier alpha value is -2.56. The van der Waals surface area contributed by atoms with Crippen LogP contribution in [0, 0.1) is 5.82 Å². The fourth-order valence-electron chi connectivity index (χ4n) is 2.52. The molecule has 0 radical (unpaired) electrons. The third kappa shape index (κ3) is 4.22. The zero-order chi connectivity index (χ0) is 16.8. The summed E-state index contributed by atoms with van der Waals surface area (Å²) in [6.45, 7) is 0. The average molecular weight is 317 g/mol. The van der Waals surface area contributed by atoms with Crippen LogP contribution in [-0.4, -0.2) is 20.1 Å². The zero-order valence-corrected chi connectivity index (χ0v) is 13.2. The van der Waals surface area contributed by atoms with Crippen LogP contribution in [0.4, 0.5) is 4.39 Å². The minimum absolute atomic E-state index is 0.336. The van der Waals surface area contributed by atoms with E-state index in [9.17, 15) is 9.18 Å². The first-order valence-corrected chi connectivity index (χ1v) is 7.31. The van der Waals surface area contributed by atoms with Crippen molar-refractivity contribution in [2.24, 2.45) is 5.73 Å². The van der Waals surface area contributed by atoms with E-state index in [2.05, 4.69) is 0 Å². The van der Waals surface area contributed by atoms with E-state index in [1.807, 2.05) is 18.2 Å². The second-order valence-electron chi connectivity index (χ2n) is 5.23. The number of methoxy groups -OCH3 is 2. The number of hydrogen-bond acceptors (Lipinski definition) is 3. The third-order valence-electron chi connectivity index (χ3n) is 3.79. The van der Waals surface area contributed by atoms with E-state index in [0.717, 1.165) is 11.1 Å². The normalized spacial score (nSPS) is 11.8. The van der Waals surface area contributed by atoms with Gasteiger partial charge in [-0.25, -0.2) is 4.39 Å². The number of amides is 1. The largest absolute Gasteiger partial charge is 0.493 e. The van der Waals surface area contributed by atoms with Crippen molar-refractivity contribution >= 4 is 5.91 Å². The number of rotatable bonds is 7. The van der Waals surface area contributed by atoms with E-state index < -0.39 is 11.8 Å². The lowest BCUT2D eigenvalue weighted by Gasteiger charge is -2.15. The Morgan fingerprint density at radius 2 is 1.74 bits per heavy atom. The highest BCUT2D eigenvalue weighted by molar-refractivity contribution is 5.81. The van der Waals surface area contributed by atoms with Gasteiger partial charge >= 0.3 is 0 Å². The minimum Gasteiger partial charge on any atom is -0.493 e. The molecule has 0 saturated heterocycles. The van der Waals surface area contributed by atoms with Crippen LogP contribution in [0.2, 0.25) is 0 Å². The molecule has 0 fully saturated rings. The Labute approximate surface area is 135 Å². The first-order chi connectivity index (χ1) is 11.0. The van der Waals surface area contributed by atoms with Crippen LogP contribution in [0.25, 0.3) is 0 Å². The summed E-state index contributed by atoms with van der Waals surface area (Å²) in [5.74, 6) is 0.0845. The zero-order valence-electron chi connectivity index (χ0n) is 13.2. The van der Waals surface area contributed by atoms with Gasteiger partial charge in [0, 0.05) is 0 Å². The summed E-state index contributed by atoms with van der Waals surface area (Å²) >= 11 is 0. The maximum absolute atomic E-state index is 13.0. The van der Waals surface area contributed by atoms with Crippen molar-refractivity contribution in [2.45, 2.75) is 18.8 Å². The summed E-state index contributed by atoms with van der Waals surface area (Å²) in [4.78, 5) is 11.7. The van der Waals surface area contributed by atoms with Crippen molar-refractivity contribution in [1.29, 1.82) is 0 Å². The second kappa shape index (κ2) is 7.63. The molecule has 4 nitrogen and oxygen atoms in total. The lowest BCUT2D eigenvalue weighted by atomic mass is 9.91. The molecule has 2 aromatic rings. The molecule has 2 aromatic carbocycles. The Morgan fingerprint density at radius 1 is 1.09 bits per heavy atom. The molecule has 0 saturated carbocycles. The van der Waals surface area contributed by atoms with Gasteiger partial charge in [0.05, 0.1) is 20.1 Å². The smallest absolute Gasteiger partial charge is 0.224 e. The maximum atomic E-state index is 13.0. The molecule has 1 atom stereocenters. The summed E-state index contributed by atoms with van der Waals surface area (Å²) in [5.41, 5.74) is 7.23. The molecule has 0 spiro atoms. The summed E-state index contributed by atoms with van der Waals surface area (Å²) in [6, 6.07) is 11.5. The van der Waals surface area contributed by atoms with Gasteiger partial charge in [0.2, 0.25) is 5.91 Å². The molecule has 1 amide bonds. The molecule has 0 unspecified atom stereocenters. The lowest BCUT2D eigenvalue weighted by molar-refractivity contribution is -0.119. The first-order valence-electron chi connectivity index (χ1n) is 7.31. The number of hydrogen-bond donors (Lipinski definition) is 1. The van der Waals surface area contributed by atoms with Gasteiger partial charge in [0.25, 0.3) is 0 Å². The van der Waals surface area contributed by atoms with Crippen molar-refractivity contribution < 1.29 is 18.7 Å². The quantitative estimate of drug-likeness (QED) is 0.854. The second-order valence-corrected chi connectivity index (χ2v) is 5.23. The van der Waals surface area contributed by atoms with E-state index in [-0.39, 0.29) is 5.82 Å². The van der Waals surface area contributed by atoms with Crippen LogP contribution in [0.3, 0.4) is 0 Å². The Morgan fingerprint density at radius 3 is 2.30 bits per heavy atom. The molecule has 0 aliphatic carbocycles. The van der Waals surface area contributed by atoms with Gasteiger partial charge in [-0.1, -0.05) is 18.2 Å². The van der Waals surface area contributed by atoms with Crippen molar-refractivity contribution in [3.63, 3.8) is 0 Å². The predicted molar refractivity (Wildman–Crippen MR) is 86.2 cm³/mol. The number of primary amides is 1. The Kier molecular flexibility index (Phi) is 5.57. The molecular formula is C18H20FNO3. The molecule has 122 valence electrons. The standard InChI is InChI=1S/C18H20FNO3/c1-22-16-10-4-12(11-17(16)23-2)3-9-15(18(20)21)13-5-7-14(19)8-6-13/h4-8,10-11,15H,3,9H2,1-2H3,(H2,20,21)/t15-/m0/s1. The molecule has 0 aliphatic heterocycles. The van der Waals surface area contributed by atoms with Crippen molar-refractivity contribution in [1.82, 2.24) is 0 Å². The van der Waals surface area contributed by atoms with E-state index in [4.69, 9.17) is 15.2 Å². The summed E-state index contributed by atoms with van der Waals surface area (Å²) in [5, 5.41) is 0. The summed E-state index contributed by atoms with van der Waals surface area (Å²) in [7, 11) is 3.15. The molecule has 0 bridgehead atoms. The van der Waals surface area contributed by atoms with E-state index in [1.54, 1.807) is 26.4 Å². The Bertz CT molecular complexity index is 670. The van der Waals surface area contributed by atoms with Gasteiger partial charge < -0.3 is 15.2 Å². The van der Waals surface area contributed by atoms with Gasteiger partial charge in [0.15, 0.2) is 11.5 Å². The Balaban J connectivity index is 2.13. The average Bonchev–Trinajstić information content (AvgIpc) is 2.56. The fraction of sp³-hybridized carbons (Fsp3) is 0.278. The monoisotopic (exact) mass is 317 g/mol. The van der Waals surface area contributed by atoms with Crippen molar-refractivity contribution in [2.75, 3.05) is 14.2 Å². The van der Waals surface area contributed by atoms with E-state index in [0.29, 0.717) is 24.3 Å². The molecule has 2 N–H and O–H groups in total. The fourth-order valence-corrected chi connectivity index (χ4v) is 2.52. The van der Waals surface area contributed by atoms with Crippen molar-refractivity contribution in [3.05, 3.63) is 59.4 Å². The summed E-state index contributed by atoms with van der Waals surface area (Å²) < 4.78 is 23.5. The molecule has 0 aliphatic rings. The van der Waals surface area contributed by atoms with E-state index in [1.165, 1.54) is 12.1 Å².